The molecule has 9 nitrogen and oxygen atoms in total. The Bertz CT molecular complexity index is 1260. The van der Waals surface area contributed by atoms with Gasteiger partial charge in [0, 0.05) is 30.9 Å². The number of amides is 1. The number of nitrogens with zero attached hydrogens (tertiary/aromatic N) is 4. The number of aromatic nitrogens is 2. The van der Waals surface area contributed by atoms with E-state index in [4.69, 9.17) is 10.8 Å². The van der Waals surface area contributed by atoms with Crippen LogP contribution in [0.1, 0.15) is 51.5 Å². The molecule has 1 aliphatic rings. The zero-order chi connectivity index (χ0) is 26.2. The molecule has 1 aliphatic heterocycles. The SMILES string of the molecule is CC(C)N(C=N)C(=N)c1cccc(NC(=O)c2cc3c(cn2)CN(C)C3)n1.O=Cc1ccc(F)cc1. The van der Waals surface area contributed by atoms with Crippen LogP contribution in [-0.2, 0) is 13.1 Å². The van der Waals surface area contributed by atoms with Gasteiger partial charge >= 0.3 is 0 Å². The molecule has 0 aliphatic carbocycles. The molecule has 4 rings (SSSR count). The van der Waals surface area contributed by atoms with Crippen LogP contribution >= 0.6 is 0 Å². The molecule has 0 bridgehead atoms. The van der Waals surface area contributed by atoms with Crippen molar-refractivity contribution in [2.24, 2.45) is 0 Å². The fourth-order valence-corrected chi connectivity index (χ4v) is 3.54. The highest BCUT2D eigenvalue weighted by Gasteiger charge is 2.19. The topological polar surface area (TPSA) is 126 Å². The molecule has 186 valence electrons. The molecule has 0 atom stereocenters. The maximum atomic E-state index is 12.5. The Kier molecular flexibility index (Phi) is 8.69. The van der Waals surface area contributed by atoms with Crippen molar-refractivity contribution in [3.63, 3.8) is 0 Å². The van der Waals surface area contributed by atoms with Crippen LogP contribution in [0.2, 0.25) is 0 Å². The Morgan fingerprint density at radius 3 is 2.47 bits per heavy atom. The first kappa shape index (κ1) is 26.3. The van der Waals surface area contributed by atoms with Crippen molar-refractivity contribution in [1.82, 2.24) is 19.8 Å². The second-order valence-corrected chi connectivity index (χ2v) is 8.52. The van der Waals surface area contributed by atoms with Gasteiger partial charge in [-0.05, 0) is 74.5 Å². The third-order valence-electron chi connectivity index (χ3n) is 5.39. The van der Waals surface area contributed by atoms with E-state index in [1.807, 2.05) is 27.0 Å². The highest BCUT2D eigenvalue weighted by molar-refractivity contribution is 6.04. The first-order valence-electron chi connectivity index (χ1n) is 11.2. The summed E-state index contributed by atoms with van der Waals surface area (Å²) in [5.41, 5.74) is 3.47. The van der Waals surface area contributed by atoms with E-state index in [-0.39, 0.29) is 23.6 Å². The van der Waals surface area contributed by atoms with E-state index in [0.717, 1.165) is 30.6 Å². The van der Waals surface area contributed by atoms with Gasteiger partial charge in [-0.3, -0.25) is 30.3 Å². The molecule has 1 aromatic carbocycles. The largest absolute Gasteiger partial charge is 0.314 e. The van der Waals surface area contributed by atoms with Gasteiger partial charge in [0.05, 0.1) is 6.34 Å². The fraction of sp³-hybridized carbons (Fsp3) is 0.231. The summed E-state index contributed by atoms with van der Waals surface area (Å²) in [5, 5.41) is 18.5. The summed E-state index contributed by atoms with van der Waals surface area (Å²) in [6.45, 7) is 5.43. The van der Waals surface area contributed by atoms with Crippen molar-refractivity contribution in [1.29, 1.82) is 10.8 Å². The molecule has 0 radical (unpaired) electrons. The summed E-state index contributed by atoms with van der Waals surface area (Å²) in [6.07, 6.45) is 3.53. The Hall–Kier alpha value is -4.31. The monoisotopic (exact) mass is 489 g/mol. The average molecular weight is 490 g/mol. The number of aldehydes is 1. The molecule has 1 amide bonds. The van der Waals surface area contributed by atoms with Crippen LogP contribution in [-0.4, -0.2) is 57.2 Å². The molecule has 3 aromatic rings. The van der Waals surface area contributed by atoms with Gasteiger partial charge in [-0.2, -0.15) is 0 Å². The molecule has 0 spiro atoms. The van der Waals surface area contributed by atoms with Crippen molar-refractivity contribution in [2.75, 3.05) is 12.4 Å². The summed E-state index contributed by atoms with van der Waals surface area (Å²) in [6, 6.07) is 12.2. The third kappa shape index (κ3) is 6.63. The lowest BCUT2D eigenvalue weighted by Crippen LogP contribution is -2.36. The number of pyridine rings is 2. The maximum absolute atomic E-state index is 12.5. The van der Waals surface area contributed by atoms with E-state index in [9.17, 15) is 14.0 Å². The zero-order valence-corrected chi connectivity index (χ0v) is 20.3. The normalized spacial score (nSPS) is 12.2. The van der Waals surface area contributed by atoms with E-state index in [0.29, 0.717) is 29.1 Å². The first-order chi connectivity index (χ1) is 17.2. The minimum Gasteiger partial charge on any atom is -0.314 e. The van der Waals surface area contributed by atoms with Crippen molar-refractivity contribution >= 4 is 30.2 Å². The van der Waals surface area contributed by atoms with Gasteiger partial charge in [0.15, 0.2) is 5.84 Å². The zero-order valence-electron chi connectivity index (χ0n) is 20.3. The summed E-state index contributed by atoms with van der Waals surface area (Å²) in [4.78, 5) is 34.8. The average Bonchev–Trinajstić information content (AvgIpc) is 3.24. The molecule has 0 fully saturated rings. The number of amidine groups is 1. The first-order valence-corrected chi connectivity index (χ1v) is 11.2. The molecule has 0 saturated heterocycles. The minimum atomic E-state index is -0.337. The second kappa shape index (κ2) is 11.9. The predicted molar refractivity (Wildman–Crippen MR) is 136 cm³/mol. The van der Waals surface area contributed by atoms with Gasteiger partial charge in [-0.25, -0.2) is 9.37 Å². The lowest BCUT2D eigenvalue weighted by atomic mass is 10.1. The fourth-order valence-electron chi connectivity index (χ4n) is 3.54. The number of hydrogen-bond acceptors (Lipinski definition) is 7. The number of carbonyl (C=O) groups is 2. The van der Waals surface area contributed by atoms with E-state index >= 15 is 0 Å². The van der Waals surface area contributed by atoms with Crippen molar-refractivity contribution < 1.29 is 14.0 Å². The van der Waals surface area contributed by atoms with Gasteiger partial charge in [0.2, 0.25) is 0 Å². The highest BCUT2D eigenvalue weighted by Crippen LogP contribution is 2.21. The molecule has 3 heterocycles. The van der Waals surface area contributed by atoms with E-state index in [1.54, 1.807) is 24.4 Å². The van der Waals surface area contributed by atoms with Crippen LogP contribution < -0.4 is 5.32 Å². The van der Waals surface area contributed by atoms with Crippen molar-refractivity contribution in [3.05, 3.63) is 88.6 Å². The molecule has 36 heavy (non-hydrogen) atoms. The van der Waals surface area contributed by atoms with Crippen LogP contribution in [0.4, 0.5) is 10.2 Å². The standard InChI is InChI=1S/C19H23N7O.C7H5FO/c1-12(2)26(11-20)18(21)15-5-4-6-17(23-15)24-19(27)16-7-13-9-25(3)10-14(13)8-22-16;8-7-3-1-6(5-9)2-4-7/h4-8,11-12,20-21H,9-10H2,1-3H3,(H,23,24,27);1-5H. The van der Waals surface area contributed by atoms with E-state index in [1.165, 1.54) is 29.2 Å². The Labute approximate surface area is 209 Å². The Morgan fingerprint density at radius 2 is 1.83 bits per heavy atom. The molecular formula is C26H28FN7O2. The number of fused-ring (bicyclic) bond motifs is 1. The summed E-state index contributed by atoms with van der Waals surface area (Å²) >= 11 is 0. The number of halogens is 1. The van der Waals surface area contributed by atoms with Crippen LogP contribution in [0.3, 0.4) is 0 Å². The molecular weight excluding hydrogens is 461 g/mol. The Morgan fingerprint density at radius 1 is 1.14 bits per heavy atom. The molecule has 0 unspecified atom stereocenters. The second-order valence-electron chi connectivity index (χ2n) is 8.52. The van der Waals surface area contributed by atoms with Gasteiger partial charge in [-0.1, -0.05) is 6.07 Å². The number of rotatable bonds is 6. The smallest absolute Gasteiger partial charge is 0.275 e. The number of anilines is 1. The predicted octanol–water partition coefficient (Wildman–Crippen LogP) is 3.96. The van der Waals surface area contributed by atoms with Gasteiger partial charge in [0.1, 0.15) is 29.3 Å². The van der Waals surface area contributed by atoms with Crippen LogP contribution in [0.15, 0.2) is 54.7 Å². The Balaban J connectivity index is 0.000000338. The molecule has 0 saturated carbocycles. The van der Waals surface area contributed by atoms with E-state index < -0.39 is 0 Å². The summed E-state index contributed by atoms with van der Waals surface area (Å²) in [5.74, 6) is -0.206. The number of benzene rings is 1. The number of nitrogens with one attached hydrogen (secondary N) is 3. The molecule has 3 N–H and O–H groups in total. The lowest BCUT2D eigenvalue weighted by Gasteiger charge is -2.23. The summed E-state index contributed by atoms with van der Waals surface area (Å²) in [7, 11) is 2.03. The third-order valence-corrected chi connectivity index (χ3v) is 5.39. The van der Waals surface area contributed by atoms with Crippen LogP contribution in [0.25, 0.3) is 0 Å². The minimum absolute atomic E-state index is 0.0382. The highest BCUT2D eigenvalue weighted by atomic mass is 19.1. The van der Waals surface area contributed by atoms with Gasteiger partial charge < -0.3 is 10.2 Å². The van der Waals surface area contributed by atoms with Crippen LogP contribution in [0, 0.1) is 16.6 Å². The number of hydrogen-bond donors (Lipinski definition) is 3. The number of carbonyl (C=O) groups excluding carboxylic acids is 2. The van der Waals surface area contributed by atoms with Gasteiger partial charge in [0.25, 0.3) is 5.91 Å². The quantitative estimate of drug-likeness (QED) is 0.273. The maximum Gasteiger partial charge on any atom is 0.275 e. The summed E-state index contributed by atoms with van der Waals surface area (Å²) < 4.78 is 12.1. The van der Waals surface area contributed by atoms with Gasteiger partial charge in [-0.15, -0.1) is 0 Å². The van der Waals surface area contributed by atoms with Crippen molar-refractivity contribution in [2.45, 2.75) is 33.0 Å². The van der Waals surface area contributed by atoms with Crippen molar-refractivity contribution in [3.8, 4) is 0 Å². The molecule has 10 heteroatoms. The van der Waals surface area contributed by atoms with E-state index in [2.05, 4.69) is 20.2 Å². The lowest BCUT2D eigenvalue weighted by molar-refractivity contribution is 0.102. The molecule has 2 aromatic heterocycles. The van der Waals surface area contributed by atoms with Crippen LogP contribution in [0.5, 0.6) is 0 Å².